The van der Waals surface area contributed by atoms with E-state index in [9.17, 15) is 19.1 Å². The van der Waals surface area contributed by atoms with E-state index in [0.717, 1.165) is 39.9 Å². The standard InChI is InChI=1S/C30H33FN2O3.C6H14.C3H6.2C2H4/c1-20(18-26(36)19-21(2)35)10-15-27-28(24-11-13-25(31)14-12-24)29(23-8-6-5-7-9-23)30(33(27)4)22(3)32-16-17-34;1-5-6(2,3)4;1-2-3-1;2*1-2/h5-15,17,20,26,32,36H,3,16,18-19H2,1-2,4H3;5H2,1-4H3;1-3H2;2*1-2H2/b15-10+;;;;. The second kappa shape index (κ2) is 23.9. The molecule has 0 bridgehead atoms. The molecule has 1 aromatic heterocycles. The largest absolute Gasteiger partial charge is 0.393 e. The number of carbonyl (C=O) groups excluding carboxylic acids is 2. The molecule has 49 heavy (non-hydrogen) atoms. The van der Waals surface area contributed by atoms with Crippen LogP contribution in [0.5, 0.6) is 0 Å². The number of aldehydes is 1. The maximum absolute atomic E-state index is 13.8. The highest BCUT2D eigenvalue weighted by atomic mass is 19.1. The van der Waals surface area contributed by atoms with Crippen LogP contribution >= 0.6 is 0 Å². The highest BCUT2D eigenvalue weighted by Crippen LogP contribution is 2.42. The predicted molar refractivity (Wildman–Crippen MR) is 210 cm³/mol. The van der Waals surface area contributed by atoms with E-state index in [4.69, 9.17) is 0 Å². The third kappa shape index (κ3) is 17.1. The fourth-order valence-electron chi connectivity index (χ4n) is 4.47. The molecule has 0 saturated heterocycles. The lowest BCUT2D eigenvalue weighted by Crippen LogP contribution is -2.16. The smallest absolute Gasteiger partial charge is 0.139 e. The number of benzene rings is 2. The highest BCUT2D eigenvalue weighted by molar-refractivity contribution is 5.96. The van der Waals surface area contributed by atoms with E-state index in [1.54, 1.807) is 12.1 Å². The zero-order valence-corrected chi connectivity index (χ0v) is 31.2. The predicted octanol–water partition coefficient (Wildman–Crippen LogP) is 10.9. The lowest BCUT2D eigenvalue weighted by atomic mass is 9.93. The summed E-state index contributed by atoms with van der Waals surface area (Å²) in [4.78, 5) is 22.4. The molecule has 0 amide bonds. The van der Waals surface area contributed by atoms with Gasteiger partial charge in [-0.1, -0.05) is 115 Å². The molecule has 5 nitrogen and oxygen atoms in total. The first kappa shape index (κ1) is 44.7. The minimum Gasteiger partial charge on any atom is -0.393 e. The minimum atomic E-state index is -0.699. The molecule has 268 valence electrons. The van der Waals surface area contributed by atoms with E-state index in [1.165, 1.54) is 44.7 Å². The van der Waals surface area contributed by atoms with Gasteiger partial charge in [-0.2, -0.15) is 0 Å². The maximum Gasteiger partial charge on any atom is 0.139 e. The number of nitrogens with one attached hydrogen (secondary N) is 1. The van der Waals surface area contributed by atoms with E-state index in [0.29, 0.717) is 17.5 Å². The van der Waals surface area contributed by atoms with Crippen molar-refractivity contribution in [1.82, 2.24) is 9.88 Å². The summed E-state index contributed by atoms with van der Waals surface area (Å²) in [5.74, 6) is -0.355. The van der Waals surface area contributed by atoms with Crippen LogP contribution in [0.25, 0.3) is 34.0 Å². The zero-order chi connectivity index (χ0) is 37.6. The van der Waals surface area contributed by atoms with Gasteiger partial charge in [0.2, 0.25) is 0 Å². The molecular formula is C43H61FN2O3. The molecule has 1 aliphatic carbocycles. The van der Waals surface area contributed by atoms with Crippen molar-refractivity contribution in [2.24, 2.45) is 18.4 Å². The minimum absolute atomic E-state index is 0.00957. The molecule has 1 fully saturated rings. The van der Waals surface area contributed by atoms with Crippen LogP contribution in [-0.4, -0.2) is 34.4 Å². The van der Waals surface area contributed by atoms with Crippen molar-refractivity contribution < 1.29 is 19.1 Å². The van der Waals surface area contributed by atoms with Crippen LogP contribution in [0.2, 0.25) is 0 Å². The summed E-state index contributed by atoms with van der Waals surface area (Å²) in [6.45, 7) is 28.7. The summed E-state index contributed by atoms with van der Waals surface area (Å²) in [5, 5.41) is 13.3. The van der Waals surface area contributed by atoms with Crippen LogP contribution in [0.15, 0.2) is 93.6 Å². The molecule has 2 N–H and O–H groups in total. The first-order valence-electron chi connectivity index (χ1n) is 17.1. The van der Waals surface area contributed by atoms with E-state index >= 15 is 0 Å². The normalized spacial score (nSPS) is 12.6. The number of aromatic nitrogens is 1. The van der Waals surface area contributed by atoms with Gasteiger partial charge in [-0.05, 0) is 54.0 Å². The van der Waals surface area contributed by atoms with E-state index in [1.807, 2.05) is 61.0 Å². The molecule has 3 aromatic rings. The van der Waals surface area contributed by atoms with Crippen molar-refractivity contribution in [1.29, 1.82) is 0 Å². The van der Waals surface area contributed by atoms with Gasteiger partial charge in [-0.3, -0.25) is 4.79 Å². The SMILES string of the molecule is C1CC1.C=C.C=C.C=C(NCC=O)c1c(-c2ccccc2)c(-c2ccc(F)cc2)c(/C=C/C(C)CC(O)CC(C)=O)n1C.CCC(C)(C)C. The quantitative estimate of drug-likeness (QED) is 0.148. The van der Waals surface area contributed by atoms with Crippen LogP contribution in [-0.2, 0) is 16.6 Å². The van der Waals surface area contributed by atoms with Crippen molar-refractivity contribution in [3.05, 3.63) is 111 Å². The number of aliphatic hydroxyl groups excluding tert-OH is 1. The highest BCUT2D eigenvalue weighted by Gasteiger charge is 2.24. The third-order valence-corrected chi connectivity index (χ3v) is 7.48. The Hall–Kier alpha value is -4.29. The fourth-order valence-corrected chi connectivity index (χ4v) is 4.47. The second-order valence-electron chi connectivity index (χ2n) is 13.0. The summed E-state index contributed by atoms with van der Waals surface area (Å²) in [6.07, 6.45) is 10.4. The van der Waals surface area contributed by atoms with Crippen molar-refractivity contribution in [2.45, 2.75) is 86.2 Å². The molecular weight excluding hydrogens is 611 g/mol. The molecule has 4 rings (SSSR count). The number of nitrogens with zero attached hydrogens (tertiary/aromatic N) is 1. The summed E-state index contributed by atoms with van der Waals surface area (Å²) in [5.41, 5.74) is 6.43. The van der Waals surface area contributed by atoms with Gasteiger partial charge in [0.25, 0.3) is 0 Å². The average Bonchev–Trinajstić information content (AvgIpc) is 3.94. The van der Waals surface area contributed by atoms with E-state index < -0.39 is 6.10 Å². The number of carbonyl (C=O) groups is 2. The first-order chi connectivity index (χ1) is 23.3. The monoisotopic (exact) mass is 672 g/mol. The van der Waals surface area contributed by atoms with Gasteiger partial charge >= 0.3 is 0 Å². The van der Waals surface area contributed by atoms with Crippen LogP contribution in [0.1, 0.15) is 91.5 Å². The Kier molecular flexibility index (Phi) is 21.8. The Morgan fingerprint density at radius 2 is 1.49 bits per heavy atom. The number of ketones is 1. The third-order valence-electron chi connectivity index (χ3n) is 7.48. The number of rotatable bonds is 12. The molecule has 2 unspecified atom stereocenters. The second-order valence-corrected chi connectivity index (χ2v) is 13.0. The van der Waals surface area contributed by atoms with Gasteiger partial charge in [0.1, 0.15) is 17.9 Å². The number of halogens is 1. The Bertz CT molecular complexity index is 1430. The average molecular weight is 673 g/mol. The van der Waals surface area contributed by atoms with Crippen LogP contribution in [0.4, 0.5) is 4.39 Å². The Balaban J connectivity index is 0.00000151. The Labute approximate surface area is 296 Å². The Morgan fingerprint density at radius 3 is 1.94 bits per heavy atom. The van der Waals surface area contributed by atoms with Crippen molar-refractivity contribution in [2.75, 3.05) is 6.54 Å². The van der Waals surface area contributed by atoms with Gasteiger partial charge in [0.15, 0.2) is 0 Å². The number of hydrogen-bond donors (Lipinski definition) is 2. The maximum atomic E-state index is 13.8. The van der Waals surface area contributed by atoms with E-state index in [2.05, 4.69) is 65.9 Å². The van der Waals surface area contributed by atoms with Gasteiger partial charge in [-0.25, -0.2) is 4.39 Å². The molecule has 6 heteroatoms. The Morgan fingerprint density at radius 1 is 0.980 bits per heavy atom. The van der Waals surface area contributed by atoms with Gasteiger partial charge in [-0.15, -0.1) is 26.3 Å². The first-order valence-corrected chi connectivity index (χ1v) is 17.1. The molecule has 0 radical (unpaired) electrons. The molecule has 1 heterocycles. The van der Waals surface area contributed by atoms with Crippen LogP contribution < -0.4 is 5.32 Å². The van der Waals surface area contributed by atoms with Crippen molar-refractivity contribution >= 4 is 23.8 Å². The summed E-state index contributed by atoms with van der Waals surface area (Å²) in [6, 6.07) is 16.2. The number of aliphatic hydroxyl groups is 1. The molecule has 2 atom stereocenters. The molecule has 1 aliphatic rings. The number of Topliss-reactive ketones (excluding diaryl/α,β-unsaturated/α-hetero) is 1. The topological polar surface area (TPSA) is 71.3 Å². The fraction of sp³-hybridized carbons (Fsp3) is 0.395. The lowest BCUT2D eigenvalue weighted by molar-refractivity contribution is -0.119. The lowest BCUT2D eigenvalue weighted by Gasteiger charge is -2.13. The molecule has 2 aromatic carbocycles. The summed E-state index contributed by atoms with van der Waals surface area (Å²) >= 11 is 0. The summed E-state index contributed by atoms with van der Waals surface area (Å²) in [7, 11) is 1.93. The summed E-state index contributed by atoms with van der Waals surface area (Å²) < 4.78 is 15.8. The van der Waals surface area contributed by atoms with Gasteiger partial charge in [0.05, 0.1) is 24.0 Å². The van der Waals surface area contributed by atoms with Crippen molar-refractivity contribution in [3.8, 4) is 22.3 Å². The molecule has 1 saturated carbocycles. The number of allylic oxidation sites excluding steroid dienone is 1. The number of hydrogen-bond acceptors (Lipinski definition) is 4. The molecule has 0 spiro atoms. The zero-order valence-electron chi connectivity index (χ0n) is 31.2. The molecule has 0 aliphatic heterocycles. The van der Waals surface area contributed by atoms with Crippen LogP contribution in [0.3, 0.4) is 0 Å². The van der Waals surface area contributed by atoms with Gasteiger partial charge < -0.3 is 19.8 Å². The van der Waals surface area contributed by atoms with Crippen LogP contribution in [0, 0.1) is 17.2 Å². The van der Waals surface area contributed by atoms with Gasteiger partial charge in [0, 0.05) is 30.3 Å². The van der Waals surface area contributed by atoms with E-state index in [-0.39, 0.29) is 30.5 Å². The van der Waals surface area contributed by atoms with Crippen molar-refractivity contribution in [3.63, 3.8) is 0 Å².